The van der Waals surface area contributed by atoms with Gasteiger partial charge in [0, 0.05) is 13.0 Å². The fourth-order valence-corrected chi connectivity index (χ4v) is 2.22. The topological polar surface area (TPSA) is 70.8 Å². The predicted octanol–water partition coefficient (Wildman–Crippen LogP) is 2.52. The normalized spacial score (nSPS) is 19.3. The largest absolute Gasteiger partial charge is 0.475 e. The molecule has 0 aromatic carbocycles. The van der Waals surface area contributed by atoms with Crippen molar-refractivity contribution in [3.05, 3.63) is 23.7 Å². The number of carbonyl (C=O) groups is 2. The van der Waals surface area contributed by atoms with Crippen LogP contribution < -0.4 is 0 Å². The molecule has 1 N–H and O–H groups in total. The molecular formula is C14H19NO4. The number of hydrogen-bond donors (Lipinski definition) is 1. The Kier molecular flexibility index (Phi) is 3.64. The van der Waals surface area contributed by atoms with Crippen LogP contribution in [0.5, 0.6) is 0 Å². The molecule has 1 fully saturated rings. The molecule has 0 aliphatic carbocycles. The van der Waals surface area contributed by atoms with Crippen LogP contribution in [0.3, 0.4) is 0 Å². The van der Waals surface area contributed by atoms with Crippen LogP contribution in [0, 0.1) is 5.41 Å². The standard InChI is InChI=1S/C14H19NO4/c1-14(2)6-5-12(16)15(8-7-14)9-10-3-4-11(19-10)13(17)18/h3-4H,5-9H2,1-2H3,(H,17,18). The summed E-state index contributed by atoms with van der Waals surface area (Å²) in [6.07, 6.45) is 2.38. The minimum absolute atomic E-state index is 0.0856. The van der Waals surface area contributed by atoms with Gasteiger partial charge in [0.05, 0.1) is 6.54 Å². The second-order valence-electron chi connectivity index (χ2n) is 5.80. The van der Waals surface area contributed by atoms with E-state index >= 15 is 0 Å². The van der Waals surface area contributed by atoms with Crippen LogP contribution in [-0.4, -0.2) is 28.4 Å². The van der Waals surface area contributed by atoms with Crippen molar-refractivity contribution < 1.29 is 19.1 Å². The van der Waals surface area contributed by atoms with E-state index in [9.17, 15) is 9.59 Å². The summed E-state index contributed by atoms with van der Waals surface area (Å²) < 4.78 is 5.20. The van der Waals surface area contributed by atoms with Crippen molar-refractivity contribution in [2.45, 2.75) is 39.7 Å². The van der Waals surface area contributed by atoms with Crippen molar-refractivity contribution in [3.8, 4) is 0 Å². The Bertz CT molecular complexity index is 489. The highest BCUT2D eigenvalue weighted by molar-refractivity contribution is 5.84. The van der Waals surface area contributed by atoms with Gasteiger partial charge < -0.3 is 14.4 Å². The van der Waals surface area contributed by atoms with Gasteiger partial charge in [0.2, 0.25) is 11.7 Å². The molecule has 0 saturated carbocycles. The maximum Gasteiger partial charge on any atom is 0.371 e. The van der Waals surface area contributed by atoms with Gasteiger partial charge >= 0.3 is 5.97 Å². The molecule has 0 atom stereocenters. The molecule has 1 saturated heterocycles. The SMILES string of the molecule is CC1(C)CCC(=O)N(Cc2ccc(C(=O)O)o2)CC1. The first-order valence-electron chi connectivity index (χ1n) is 6.47. The zero-order valence-electron chi connectivity index (χ0n) is 11.3. The molecule has 1 aliphatic rings. The molecule has 5 nitrogen and oxygen atoms in total. The van der Waals surface area contributed by atoms with Crippen LogP contribution in [0.1, 0.15) is 49.4 Å². The molecule has 0 spiro atoms. The maximum atomic E-state index is 12.0. The predicted molar refractivity (Wildman–Crippen MR) is 68.7 cm³/mol. The third-order valence-corrected chi connectivity index (χ3v) is 3.65. The number of nitrogens with zero attached hydrogens (tertiary/aromatic N) is 1. The van der Waals surface area contributed by atoms with Crippen molar-refractivity contribution in [2.24, 2.45) is 5.41 Å². The van der Waals surface area contributed by atoms with Crippen molar-refractivity contribution >= 4 is 11.9 Å². The summed E-state index contributed by atoms with van der Waals surface area (Å²) in [6, 6.07) is 3.04. The lowest BCUT2D eigenvalue weighted by Gasteiger charge is -2.22. The second kappa shape index (κ2) is 5.07. The number of rotatable bonds is 3. The molecule has 1 amide bonds. The zero-order valence-corrected chi connectivity index (χ0v) is 11.3. The van der Waals surface area contributed by atoms with Crippen LogP contribution in [-0.2, 0) is 11.3 Å². The van der Waals surface area contributed by atoms with Crippen molar-refractivity contribution in [1.29, 1.82) is 0 Å². The number of likely N-dealkylation sites (tertiary alicyclic amines) is 1. The van der Waals surface area contributed by atoms with E-state index in [2.05, 4.69) is 13.8 Å². The lowest BCUT2D eigenvalue weighted by molar-refractivity contribution is -0.131. The summed E-state index contributed by atoms with van der Waals surface area (Å²) in [6.45, 7) is 5.37. The van der Waals surface area contributed by atoms with E-state index < -0.39 is 5.97 Å². The highest BCUT2D eigenvalue weighted by Gasteiger charge is 2.27. The van der Waals surface area contributed by atoms with Crippen molar-refractivity contribution in [1.82, 2.24) is 4.90 Å². The number of aromatic carboxylic acids is 1. The molecular weight excluding hydrogens is 246 g/mol. The third-order valence-electron chi connectivity index (χ3n) is 3.65. The van der Waals surface area contributed by atoms with Gasteiger partial charge in [-0.1, -0.05) is 13.8 Å². The van der Waals surface area contributed by atoms with Crippen molar-refractivity contribution in [3.63, 3.8) is 0 Å². The summed E-state index contributed by atoms with van der Waals surface area (Å²) in [4.78, 5) is 24.5. The van der Waals surface area contributed by atoms with Gasteiger partial charge in [0.25, 0.3) is 0 Å². The first-order chi connectivity index (χ1) is 8.87. The first kappa shape index (κ1) is 13.6. The number of furan rings is 1. The van der Waals surface area contributed by atoms with Gasteiger partial charge in [0.15, 0.2) is 0 Å². The maximum absolute atomic E-state index is 12.0. The van der Waals surface area contributed by atoms with Crippen LogP contribution in [0.4, 0.5) is 0 Å². The Balaban J connectivity index is 2.04. The molecule has 1 aliphatic heterocycles. The van der Waals surface area contributed by atoms with Gasteiger partial charge in [-0.25, -0.2) is 4.79 Å². The van der Waals surface area contributed by atoms with Crippen LogP contribution >= 0.6 is 0 Å². The van der Waals surface area contributed by atoms with E-state index in [4.69, 9.17) is 9.52 Å². The van der Waals surface area contributed by atoms with E-state index in [1.54, 1.807) is 11.0 Å². The summed E-state index contributed by atoms with van der Waals surface area (Å²) >= 11 is 0. The molecule has 1 aromatic heterocycles. The molecule has 1 aromatic rings. The summed E-state index contributed by atoms with van der Waals surface area (Å²) in [5.41, 5.74) is 0.180. The molecule has 104 valence electrons. The summed E-state index contributed by atoms with van der Waals surface area (Å²) in [5, 5.41) is 8.80. The van der Waals surface area contributed by atoms with Crippen LogP contribution in [0.2, 0.25) is 0 Å². The van der Waals surface area contributed by atoms with Gasteiger partial charge in [-0.2, -0.15) is 0 Å². The van der Waals surface area contributed by atoms with Gasteiger partial charge in [-0.15, -0.1) is 0 Å². The highest BCUT2D eigenvalue weighted by Crippen LogP contribution is 2.30. The monoisotopic (exact) mass is 265 g/mol. The summed E-state index contributed by atoms with van der Waals surface area (Å²) in [5.74, 6) is -0.545. The smallest absolute Gasteiger partial charge is 0.371 e. The van der Waals surface area contributed by atoms with Gasteiger partial charge in [-0.3, -0.25) is 4.79 Å². The average molecular weight is 265 g/mol. The number of amides is 1. The lowest BCUT2D eigenvalue weighted by Crippen LogP contribution is -2.29. The fourth-order valence-electron chi connectivity index (χ4n) is 2.22. The quantitative estimate of drug-likeness (QED) is 0.911. The average Bonchev–Trinajstić information content (AvgIpc) is 2.75. The molecule has 0 unspecified atom stereocenters. The molecule has 5 heteroatoms. The molecule has 2 rings (SSSR count). The Labute approximate surface area is 112 Å². The van der Waals surface area contributed by atoms with Crippen LogP contribution in [0.15, 0.2) is 16.5 Å². The molecule has 0 bridgehead atoms. The van der Waals surface area contributed by atoms with Crippen LogP contribution in [0.25, 0.3) is 0 Å². The molecule has 2 heterocycles. The number of carboxylic acid groups (broad SMARTS) is 1. The van der Waals surface area contributed by atoms with Gasteiger partial charge in [-0.05, 0) is 30.4 Å². The van der Waals surface area contributed by atoms with Gasteiger partial charge in [0.1, 0.15) is 5.76 Å². The number of carboxylic acids is 1. The zero-order chi connectivity index (χ0) is 14.0. The third kappa shape index (κ3) is 3.36. The first-order valence-corrected chi connectivity index (χ1v) is 6.47. The van der Waals surface area contributed by atoms with E-state index in [1.807, 2.05) is 0 Å². The van der Waals surface area contributed by atoms with E-state index in [0.29, 0.717) is 25.3 Å². The van der Waals surface area contributed by atoms with E-state index in [1.165, 1.54) is 6.07 Å². The summed E-state index contributed by atoms with van der Waals surface area (Å²) in [7, 11) is 0. The lowest BCUT2D eigenvalue weighted by atomic mass is 9.85. The Morgan fingerprint density at radius 3 is 2.79 bits per heavy atom. The Hall–Kier alpha value is -1.78. The second-order valence-corrected chi connectivity index (χ2v) is 5.80. The number of hydrogen-bond acceptors (Lipinski definition) is 3. The fraction of sp³-hybridized carbons (Fsp3) is 0.571. The minimum atomic E-state index is -1.09. The Morgan fingerprint density at radius 2 is 2.16 bits per heavy atom. The van der Waals surface area contributed by atoms with E-state index in [0.717, 1.165) is 12.8 Å². The molecule has 0 radical (unpaired) electrons. The molecule has 19 heavy (non-hydrogen) atoms. The minimum Gasteiger partial charge on any atom is -0.475 e. The number of carbonyl (C=O) groups excluding carboxylic acids is 1. The van der Waals surface area contributed by atoms with Crippen molar-refractivity contribution in [2.75, 3.05) is 6.54 Å². The Morgan fingerprint density at radius 1 is 1.42 bits per heavy atom. The van der Waals surface area contributed by atoms with E-state index in [-0.39, 0.29) is 17.1 Å². The highest BCUT2D eigenvalue weighted by atomic mass is 16.4.